The average Bonchev–Trinajstić information content (AvgIpc) is 2.94. The molecule has 2 heterocycles. The number of rotatable bonds is 4. The van der Waals surface area contributed by atoms with Crippen LogP contribution in [0.15, 0.2) is 12.2 Å². The van der Waals surface area contributed by atoms with Crippen LogP contribution < -0.4 is 10.6 Å². The summed E-state index contributed by atoms with van der Waals surface area (Å²) in [5.74, 6) is 0.315. The first-order chi connectivity index (χ1) is 11.7. The summed E-state index contributed by atoms with van der Waals surface area (Å²) in [4.78, 5) is 28.2. The van der Waals surface area contributed by atoms with E-state index in [1.807, 2.05) is 20.8 Å². The van der Waals surface area contributed by atoms with Gasteiger partial charge in [0.1, 0.15) is 0 Å². The summed E-state index contributed by atoms with van der Waals surface area (Å²) in [6.45, 7) is 12.8. The molecule has 25 heavy (non-hydrogen) atoms. The third-order valence-electron chi connectivity index (χ3n) is 5.50. The molecule has 3 atom stereocenters. The van der Waals surface area contributed by atoms with Crippen LogP contribution >= 0.6 is 0 Å². The Morgan fingerprint density at radius 3 is 2.60 bits per heavy atom. The topological polar surface area (TPSA) is 61.4 Å². The Bertz CT molecular complexity index is 529. The summed E-state index contributed by atoms with van der Waals surface area (Å²) in [6.07, 6.45) is 6.75. The summed E-state index contributed by atoms with van der Waals surface area (Å²) >= 11 is 0. The van der Waals surface area contributed by atoms with E-state index in [9.17, 15) is 9.59 Å². The van der Waals surface area contributed by atoms with Gasteiger partial charge >= 0.3 is 0 Å². The lowest BCUT2D eigenvalue weighted by atomic mass is 9.83. The van der Waals surface area contributed by atoms with Gasteiger partial charge in [0.25, 0.3) is 0 Å². The molecule has 2 rings (SSSR count). The van der Waals surface area contributed by atoms with Crippen LogP contribution in [0, 0.1) is 5.92 Å². The first kappa shape index (κ1) is 20.3. The van der Waals surface area contributed by atoms with E-state index in [1.165, 1.54) is 0 Å². The van der Waals surface area contributed by atoms with Crippen molar-refractivity contribution in [2.45, 2.75) is 71.0 Å². The van der Waals surface area contributed by atoms with Crippen molar-refractivity contribution in [3.63, 3.8) is 0 Å². The first-order valence-corrected chi connectivity index (χ1v) is 9.66. The molecule has 2 aliphatic heterocycles. The number of hydrogen-bond acceptors (Lipinski definition) is 5. The summed E-state index contributed by atoms with van der Waals surface area (Å²) in [7, 11) is 0. The number of hydrogen-bond donors (Lipinski definition) is 2. The molecule has 2 bridgehead atoms. The van der Waals surface area contributed by atoms with Crippen LogP contribution in [0.1, 0.15) is 53.9 Å². The molecule has 1 saturated heterocycles. The Hall–Kier alpha value is -1.04. The normalized spacial score (nSPS) is 34.2. The number of Topliss-reactive ketones (excluding diaryl/α,β-unsaturated/α-hetero) is 2. The molecule has 0 saturated carbocycles. The van der Waals surface area contributed by atoms with E-state index in [4.69, 9.17) is 0 Å². The van der Waals surface area contributed by atoms with Crippen molar-refractivity contribution >= 4 is 11.6 Å². The second kappa shape index (κ2) is 8.11. The second-order valence-electron chi connectivity index (χ2n) is 8.50. The molecule has 2 aliphatic rings. The monoisotopic (exact) mass is 349 g/mol. The molecule has 0 radical (unpaired) electrons. The summed E-state index contributed by atoms with van der Waals surface area (Å²) in [5.41, 5.74) is -1.15. The smallest absolute Gasteiger partial charge is 0.167 e. The lowest BCUT2D eigenvalue weighted by Gasteiger charge is -2.35. The maximum Gasteiger partial charge on any atom is 0.167 e. The molecule has 0 aliphatic carbocycles. The van der Waals surface area contributed by atoms with E-state index in [2.05, 4.69) is 41.5 Å². The second-order valence-corrected chi connectivity index (χ2v) is 8.50. The van der Waals surface area contributed by atoms with Gasteiger partial charge in [0.15, 0.2) is 11.6 Å². The average molecular weight is 350 g/mol. The SMILES string of the molecule is CC(C)N[C@]12CCN(CC=CCC[C@@](C)(C(=O)C(C)C)NCC1=O)C2. The standard InChI is InChI=1S/C20H35N3O2/c1-15(2)18(25)19(5)9-7-6-8-11-23-12-10-20(14-23,22-16(3)4)17(24)13-21-19/h6,8,15-16,21-22H,7,9-14H2,1-5H3/t19-,20-/m0/s1. The van der Waals surface area contributed by atoms with Crippen molar-refractivity contribution in [3.05, 3.63) is 12.2 Å². The molecule has 1 fully saturated rings. The first-order valence-electron chi connectivity index (χ1n) is 9.66. The fourth-order valence-electron chi connectivity index (χ4n) is 4.12. The predicted octanol–water partition coefficient (Wildman–Crippen LogP) is 1.92. The van der Waals surface area contributed by atoms with E-state index in [0.717, 1.165) is 38.9 Å². The molecule has 5 heteroatoms. The van der Waals surface area contributed by atoms with Crippen molar-refractivity contribution in [2.24, 2.45) is 5.92 Å². The molecule has 0 amide bonds. The van der Waals surface area contributed by atoms with Crippen LogP contribution in [0.5, 0.6) is 0 Å². The largest absolute Gasteiger partial charge is 0.302 e. The molecule has 2 N–H and O–H groups in total. The summed E-state index contributed by atoms with van der Waals surface area (Å²) < 4.78 is 0. The van der Waals surface area contributed by atoms with Crippen LogP contribution in [0.4, 0.5) is 0 Å². The molecule has 142 valence electrons. The Balaban J connectivity index is 2.25. The van der Waals surface area contributed by atoms with Gasteiger partial charge in [0.05, 0.1) is 17.6 Å². The zero-order valence-corrected chi connectivity index (χ0v) is 16.5. The molecule has 0 aromatic heterocycles. The third kappa shape index (κ3) is 4.78. The molecular weight excluding hydrogens is 314 g/mol. The van der Waals surface area contributed by atoms with Crippen LogP contribution in [-0.2, 0) is 9.59 Å². The number of ketones is 2. The highest BCUT2D eigenvalue weighted by atomic mass is 16.1. The Morgan fingerprint density at radius 1 is 1.24 bits per heavy atom. The van der Waals surface area contributed by atoms with Gasteiger partial charge in [-0.2, -0.15) is 0 Å². The van der Waals surface area contributed by atoms with E-state index in [-0.39, 0.29) is 30.1 Å². The maximum atomic E-state index is 13.1. The Labute approximate surface area is 152 Å². The number of allylic oxidation sites excluding steroid dienone is 1. The maximum absolute atomic E-state index is 13.1. The zero-order valence-electron chi connectivity index (χ0n) is 16.5. The van der Waals surface area contributed by atoms with Gasteiger partial charge in [-0.25, -0.2) is 0 Å². The fourth-order valence-corrected chi connectivity index (χ4v) is 4.12. The number of fused-ring (bicyclic) bond motifs is 2. The lowest BCUT2D eigenvalue weighted by molar-refractivity contribution is -0.129. The van der Waals surface area contributed by atoms with Gasteiger partial charge in [-0.1, -0.05) is 26.0 Å². The van der Waals surface area contributed by atoms with Gasteiger partial charge in [-0.05, 0) is 40.0 Å². The number of carbonyl (C=O) groups is 2. The van der Waals surface area contributed by atoms with Gasteiger partial charge in [0, 0.05) is 31.6 Å². The van der Waals surface area contributed by atoms with E-state index < -0.39 is 11.1 Å². The van der Waals surface area contributed by atoms with Crippen molar-refractivity contribution in [1.82, 2.24) is 15.5 Å². The minimum Gasteiger partial charge on any atom is -0.302 e. The molecule has 0 aromatic rings. The summed E-state index contributed by atoms with van der Waals surface area (Å²) in [5, 5.41) is 6.86. The molecule has 5 nitrogen and oxygen atoms in total. The molecule has 1 unspecified atom stereocenters. The highest BCUT2D eigenvalue weighted by molar-refractivity contribution is 5.93. The van der Waals surface area contributed by atoms with Crippen molar-refractivity contribution in [3.8, 4) is 0 Å². The minimum absolute atomic E-state index is 0.0470. The van der Waals surface area contributed by atoms with Gasteiger partial charge < -0.3 is 5.32 Å². The third-order valence-corrected chi connectivity index (χ3v) is 5.50. The van der Waals surface area contributed by atoms with Gasteiger partial charge in [-0.3, -0.25) is 19.8 Å². The number of nitrogens with zero attached hydrogens (tertiary/aromatic N) is 1. The van der Waals surface area contributed by atoms with Gasteiger partial charge in [0.2, 0.25) is 0 Å². The highest BCUT2D eigenvalue weighted by Crippen LogP contribution is 2.25. The van der Waals surface area contributed by atoms with Crippen LogP contribution in [0.25, 0.3) is 0 Å². The van der Waals surface area contributed by atoms with Crippen LogP contribution in [-0.4, -0.2) is 59.8 Å². The van der Waals surface area contributed by atoms with Crippen molar-refractivity contribution < 1.29 is 9.59 Å². The minimum atomic E-state index is -0.648. The fraction of sp³-hybridized carbons (Fsp3) is 0.800. The van der Waals surface area contributed by atoms with E-state index >= 15 is 0 Å². The van der Waals surface area contributed by atoms with Crippen LogP contribution in [0.3, 0.4) is 0 Å². The number of carbonyl (C=O) groups excluding carboxylic acids is 2. The summed E-state index contributed by atoms with van der Waals surface area (Å²) in [6, 6.07) is 0.246. The van der Waals surface area contributed by atoms with E-state index in [0.29, 0.717) is 0 Å². The lowest BCUT2D eigenvalue weighted by Crippen LogP contribution is -2.61. The Morgan fingerprint density at radius 2 is 1.96 bits per heavy atom. The zero-order chi connectivity index (χ0) is 18.7. The van der Waals surface area contributed by atoms with Crippen molar-refractivity contribution in [1.29, 1.82) is 0 Å². The predicted molar refractivity (Wildman–Crippen MR) is 102 cm³/mol. The van der Waals surface area contributed by atoms with Crippen molar-refractivity contribution in [2.75, 3.05) is 26.2 Å². The molecule has 0 spiro atoms. The van der Waals surface area contributed by atoms with Gasteiger partial charge in [-0.15, -0.1) is 0 Å². The number of nitrogens with one attached hydrogen (secondary N) is 2. The highest BCUT2D eigenvalue weighted by Gasteiger charge is 2.45. The van der Waals surface area contributed by atoms with E-state index in [1.54, 1.807) is 0 Å². The molecule has 0 aromatic carbocycles. The quantitative estimate of drug-likeness (QED) is 0.760. The Kier molecular flexibility index (Phi) is 6.57. The van der Waals surface area contributed by atoms with Crippen LogP contribution in [0.2, 0.25) is 0 Å². The molecular formula is C20H35N3O2.